The van der Waals surface area contributed by atoms with Crippen molar-refractivity contribution in [3.05, 3.63) is 93.3 Å². The normalized spacial score (nSPS) is 24.0. The van der Waals surface area contributed by atoms with Crippen LogP contribution < -0.4 is 20.3 Å². The first kappa shape index (κ1) is 39.2. The molecule has 2 unspecified atom stereocenters. The average molecular weight is 805 g/mol. The Morgan fingerprint density at radius 2 is 1.66 bits per heavy atom. The van der Waals surface area contributed by atoms with Crippen molar-refractivity contribution < 1.29 is 28.7 Å². The molecule has 1 saturated carbocycles. The molecule has 2 N–H and O–H groups in total. The number of nitrogens with one attached hydrogen (secondary N) is 2. The van der Waals surface area contributed by atoms with Crippen molar-refractivity contribution in [3.8, 4) is 11.8 Å². The maximum atomic E-state index is 13.3. The SMILES string of the molecule is N#Cc1ccc(OC2CCC(NC(=O)c3cnc(N4CCN(C5CCC=C(Cc6ccc7c(c6)C(=O)N(C6CCC(=O)NC6=O)C7=O)CC5)CC4)nc3)CC2)cc1Cl. The van der Waals surface area contributed by atoms with Gasteiger partial charge in [-0.15, -0.1) is 0 Å². The number of hydrogen-bond acceptors (Lipinski definition) is 11. The molecule has 300 valence electrons. The molecular formula is C43H45ClN8O6. The summed E-state index contributed by atoms with van der Waals surface area (Å²) in [4.78, 5) is 78.4. The Bertz CT molecular complexity index is 2190. The minimum absolute atomic E-state index is 0.0196. The Kier molecular flexibility index (Phi) is 11.5. The first-order valence-corrected chi connectivity index (χ1v) is 20.5. The zero-order valence-corrected chi connectivity index (χ0v) is 32.9. The molecule has 3 fully saturated rings. The first-order chi connectivity index (χ1) is 28.1. The number of carbonyl (C=O) groups excluding carboxylic acids is 5. The van der Waals surface area contributed by atoms with Gasteiger partial charge in [-0.3, -0.25) is 39.1 Å². The van der Waals surface area contributed by atoms with Crippen LogP contribution >= 0.6 is 11.6 Å². The monoisotopic (exact) mass is 804 g/mol. The number of ether oxygens (including phenoxy) is 1. The molecule has 2 atom stereocenters. The molecule has 5 amide bonds. The summed E-state index contributed by atoms with van der Waals surface area (Å²) in [6, 6.07) is 12.0. The Labute approximate surface area is 341 Å². The zero-order valence-electron chi connectivity index (χ0n) is 32.1. The number of rotatable bonds is 9. The van der Waals surface area contributed by atoms with Crippen LogP contribution in [0.3, 0.4) is 0 Å². The summed E-state index contributed by atoms with van der Waals surface area (Å²) in [7, 11) is 0. The maximum Gasteiger partial charge on any atom is 0.262 e. The molecule has 2 saturated heterocycles. The quantitative estimate of drug-likeness (QED) is 0.225. The van der Waals surface area contributed by atoms with E-state index in [1.54, 1.807) is 42.7 Å². The van der Waals surface area contributed by atoms with E-state index in [9.17, 15) is 24.0 Å². The molecule has 0 bridgehead atoms. The molecule has 14 nitrogen and oxygen atoms in total. The number of nitriles is 1. The fourth-order valence-corrected chi connectivity index (χ4v) is 9.04. The highest BCUT2D eigenvalue weighted by Gasteiger charge is 2.44. The number of piperidine rings is 1. The van der Waals surface area contributed by atoms with Gasteiger partial charge in [0, 0.05) is 63.1 Å². The maximum absolute atomic E-state index is 13.3. The van der Waals surface area contributed by atoms with Crippen molar-refractivity contribution in [2.45, 2.75) is 94.9 Å². The van der Waals surface area contributed by atoms with E-state index in [1.807, 2.05) is 6.07 Å². The molecule has 0 radical (unpaired) electrons. The van der Waals surface area contributed by atoms with E-state index >= 15 is 0 Å². The van der Waals surface area contributed by atoms with Crippen LogP contribution in [0.4, 0.5) is 5.95 Å². The van der Waals surface area contributed by atoms with Gasteiger partial charge < -0.3 is 15.0 Å². The minimum atomic E-state index is -0.975. The molecule has 1 aromatic heterocycles. The number of fused-ring (bicyclic) bond motifs is 1. The Balaban J connectivity index is 0.769. The van der Waals surface area contributed by atoms with Crippen LogP contribution in [0.1, 0.15) is 106 Å². The second kappa shape index (κ2) is 17.1. The molecule has 3 aliphatic heterocycles. The van der Waals surface area contributed by atoms with Gasteiger partial charge in [0.2, 0.25) is 17.8 Å². The van der Waals surface area contributed by atoms with Gasteiger partial charge in [-0.25, -0.2) is 9.97 Å². The van der Waals surface area contributed by atoms with Gasteiger partial charge in [0.15, 0.2) is 0 Å². The summed E-state index contributed by atoms with van der Waals surface area (Å²) in [5.74, 6) is -0.900. The smallest absolute Gasteiger partial charge is 0.262 e. The number of allylic oxidation sites excluding steroid dienone is 2. The number of halogens is 1. The predicted octanol–water partition coefficient (Wildman–Crippen LogP) is 4.76. The highest BCUT2D eigenvalue weighted by atomic mass is 35.5. The van der Waals surface area contributed by atoms with Gasteiger partial charge in [-0.1, -0.05) is 29.3 Å². The van der Waals surface area contributed by atoms with Crippen molar-refractivity contribution in [2.24, 2.45) is 0 Å². The Morgan fingerprint density at radius 1 is 0.897 bits per heavy atom. The van der Waals surface area contributed by atoms with Crippen molar-refractivity contribution in [2.75, 3.05) is 31.1 Å². The van der Waals surface area contributed by atoms with E-state index in [2.05, 4.69) is 42.5 Å². The molecule has 15 heteroatoms. The van der Waals surface area contributed by atoms with Crippen LogP contribution in [0, 0.1) is 11.3 Å². The molecule has 8 rings (SSSR count). The number of imide groups is 2. The topological polar surface area (TPSA) is 178 Å². The second-order valence-electron chi connectivity index (χ2n) is 15.7. The van der Waals surface area contributed by atoms with Crippen LogP contribution in [0.5, 0.6) is 5.75 Å². The molecular weight excluding hydrogens is 760 g/mol. The van der Waals surface area contributed by atoms with Crippen molar-refractivity contribution in [1.29, 1.82) is 5.26 Å². The van der Waals surface area contributed by atoms with Gasteiger partial charge in [0.25, 0.3) is 17.7 Å². The number of carbonyl (C=O) groups is 5. The lowest BCUT2D eigenvalue weighted by Gasteiger charge is -2.39. The molecule has 4 heterocycles. The van der Waals surface area contributed by atoms with Crippen LogP contribution in [-0.4, -0.2) is 99.7 Å². The molecule has 5 aliphatic rings. The molecule has 2 aliphatic carbocycles. The minimum Gasteiger partial charge on any atom is -0.490 e. The number of piperazine rings is 1. The number of aromatic nitrogens is 2. The van der Waals surface area contributed by atoms with Crippen LogP contribution in [0.2, 0.25) is 5.02 Å². The summed E-state index contributed by atoms with van der Waals surface area (Å²) in [5.41, 5.74) is 3.72. The van der Waals surface area contributed by atoms with E-state index in [0.717, 1.165) is 88.0 Å². The van der Waals surface area contributed by atoms with Crippen molar-refractivity contribution in [3.63, 3.8) is 0 Å². The summed E-state index contributed by atoms with van der Waals surface area (Å²) in [5, 5.41) is 14.8. The van der Waals surface area contributed by atoms with Crippen LogP contribution in [0.15, 0.2) is 60.4 Å². The van der Waals surface area contributed by atoms with Gasteiger partial charge in [0.1, 0.15) is 17.9 Å². The van der Waals surface area contributed by atoms with Crippen molar-refractivity contribution >= 4 is 47.1 Å². The third kappa shape index (κ3) is 8.47. The number of hydrogen-bond donors (Lipinski definition) is 2. The number of benzene rings is 2. The average Bonchev–Trinajstić information content (AvgIpc) is 3.34. The Hall–Kier alpha value is -5.65. The van der Waals surface area contributed by atoms with E-state index in [-0.39, 0.29) is 30.9 Å². The molecule has 0 spiro atoms. The highest BCUT2D eigenvalue weighted by molar-refractivity contribution is 6.31. The van der Waals surface area contributed by atoms with E-state index in [0.29, 0.717) is 51.4 Å². The zero-order chi connectivity index (χ0) is 40.3. The van der Waals surface area contributed by atoms with E-state index in [1.165, 1.54) is 5.57 Å². The summed E-state index contributed by atoms with van der Waals surface area (Å²) < 4.78 is 6.08. The van der Waals surface area contributed by atoms with Gasteiger partial charge >= 0.3 is 0 Å². The third-order valence-electron chi connectivity index (χ3n) is 12.1. The fraction of sp³-hybridized carbons (Fsp3) is 0.442. The van der Waals surface area contributed by atoms with E-state index in [4.69, 9.17) is 21.6 Å². The third-order valence-corrected chi connectivity index (χ3v) is 12.4. The lowest BCUT2D eigenvalue weighted by atomic mass is 9.92. The lowest BCUT2D eigenvalue weighted by molar-refractivity contribution is -0.136. The number of nitrogens with zero attached hydrogens (tertiary/aromatic N) is 6. The van der Waals surface area contributed by atoms with E-state index < -0.39 is 29.7 Å². The molecule has 2 aromatic carbocycles. The number of amides is 5. The molecule has 58 heavy (non-hydrogen) atoms. The fourth-order valence-electron chi connectivity index (χ4n) is 8.83. The molecule has 3 aromatic rings. The lowest BCUT2D eigenvalue weighted by Crippen LogP contribution is -2.54. The van der Waals surface area contributed by atoms with Crippen LogP contribution in [0.25, 0.3) is 0 Å². The summed E-state index contributed by atoms with van der Waals surface area (Å²) in [6.45, 7) is 3.36. The van der Waals surface area contributed by atoms with Gasteiger partial charge in [-0.05, 0) is 94.0 Å². The van der Waals surface area contributed by atoms with Crippen molar-refractivity contribution in [1.82, 2.24) is 30.4 Å². The van der Waals surface area contributed by atoms with Crippen LogP contribution in [-0.2, 0) is 16.0 Å². The standard InChI is InChI=1S/C43H45ClN8O6/c44-36-22-33(10-6-28(36)23-45)58-32-11-7-30(8-12-32)48-39(54)29-24-46-43(47-25-29)51-18-16-50(17-19-51)31-3-1-2-26(4-9-31)20-27-5-13-34-35(21-27)42(57)52(41(34)56)37-14-15-38(53)49-40(37)55/h2,5-6,10,13,21-22,24-25,30-32,37H,1,3-4,7-9,11-12,14-20H2,(H,48,54)(H,49,53,55). The van der Waals surface area contributed by atoms with Gasteiger partial charge in [0.05, 0.1) is 33.4 Å². The second-order valence-corrected chi connectivity index (χ2v) is 16.2. The largest absolute Gasteiger partial charge is 0.490 e. The van der Waals surface area contributed by atoms with Gasteiger partial charge in [-0.2, -0.15) is 5.26 Å². The Morgan fingerprint density at radius 3 is 2.38 bits per heavy atom. The highest BCUT2D eigenvalue weighted by Crippen LogP contribution is 2.32. The summed E-state index contributed by atoms with van der Waals surface area (Å²) in [6.07, 6.45) is 13.6. The first-order valence-electron chi connectivity index (χ1n) is 20.1. The predicted molar refractivity (Wildman–Crippen MR) is 213 cm³/mol. The summed E-state index contributed by atoms with van der Waals surface area (Å²) >= 11 is 6.15. The number of anilines is 1.